The minimum atomic E-state index is -3.34. The van der Waals surface area contributed by atoms with Crippen molar-refractivity contribution in [2.24, 2.45) is 0 Å². The third-order valence-corrected chi connectivity index (χ3v) is 6.11. The summed E-state index contributed by atoms with van der Waals surface area (Å²) < 4.78 is 29.9. The van der Waals surface area contributed by atoms with E-state index in [2.05, 4.69) is 10.2 Å². The number of rotatable bonds is 7. The SMILES string of the molecule is Cc1ccc(-c2nnc(SCC(=O)c3ccc(N(C)S(C)(=O)=O)cc3)o2)cc1. The van der Waals surface area contributed by atoms with Gasteiger partial charge in [0.05, 0.1) is 17.7 Å². The quantitative estimate of drug-likeness (QED) is 0.429. The van der Waals surface area contributed by atoms with Crippen molar-refractivity contribution in [3.8, 4) is 11.5 Å². The van der Waals surface area contributed by atoms with Gasteiger partial charge in [0.1, 0.15) is 0 Å². The monoisotopic (exact) mass is 417 g/mol. The molecule has 1 heterocycles. The lowest BCUT2D eigenvalue weighted by Crippen LogP contribution is -2.24. The van der Waals surface area contributed by atoms with Gasteiger partial charge < -0.3 is 4.42 Å². The minimum Gasteiger partial charge on any atom is -0.411 e. The highest BCUT2D eigenvalue weighted by Gasteiger charge is 2.15. The predicted molar refractivity (Wildman–Crippen MR) is 109 cm³/mol. The van der Waals surface area contributed by atoms with Crippen molar-refractivity contribution in [3.05, 3.63) is 59.7 Å². The van der Waals surface area contributed by atoms with Crippen LogP contribution in [0.3, 0.4) is 0 Å². The number of aryl methyl sites for hydroxylation is 1. The molecule has 0 atom stereocenters. The molecule has 1 aromatic heterocycles. The third kappa shape index (κ3) is 4.79. The van der Waals surface area contributed by atoms with Gasteiger partial charge in [0, 0.05) is 18.2 Å². The molecule has 0 saturated carbocycles. The Labute approximate surface area is 167 Å². The summed E-state index contributed by atoms with van der Waals surface area (Å²) >= 11 is 1.16. The molecule has 3 aromatic rings. The Kier molecular flexibility index (Phi) is 5.85. The van der Waals surface area contributed by atoms with Gasteiger partial charge in [0.2, 0.25) is 15.9 Å². The van der Waals surface area contributed by atoms with E-state index in [1.165, 1.54) is 7.05 Å². The van der Waals surface area contributed by atoms with Crippen LogP contribution in [0.25, 0.3) is 11.5 Å². The maximum Gasteiger partial charge on any atom is 0.277 e. The number of anilines is 1. The summed E-state index contributed by atoms with van der Waals surface area (Å²) in [5, 5.41) is 8.29. The van der Waals surface area contributed by atoms with Crippen LogP contribution in [-0.2, 0) is 10.0 Å². The van der Waals surface area contributed by atoms with Crippen molar-refractivity contribution in [2.75, 3.05) is 23.4 Å². The summed E-state index contributed by atoms with van der Waals surface area (Å²) in [5.74, 6) is 0.424. The van der Waals surface area contributed by atoms with Gasteiger partial charge in [0.25, 0.3) is 5.22 Å². The van der Waals surface area contributed by atoms with Gasteiger partial charge in [0.15, 0.2) is 5.78 Å². The summed E-state index contributed by atoms with van der Waals surface area (Å²) in [5.41, 5.74) is 2.93. The number of sulfonamides is 1. The zero-order valence-electron chi connectivity index (χ0n) is 15.6. The number of ketones is 1. The number of hydrogen-bond acceptors (Lipinski definition) is 7. The molecule has 0 fully saturated rings. The molecule has 0 amide bonds. The second-order valence-electron chi connectivity index (χ2n) is 6.23. The largest absolute Gasteiger partial charge is 0.411 e. The standard InChI is InChI=1S/C19H19N3O4S2/c1-13-4-6-15(7-5-13)18-20-21-19(26-18)27-12-17(23)14-8-10-16(11-9-14)22(2)28(3,24)25/h4-11H,12H2,1-3H3. The van der Waals surface area contributed by atoms with Gasteiger partial charge in [-0.15, -0.1) is 10.2 Å². The number of aromatic nitrogens is 2. The summed E-state index contributed by atoms with van der Waals surface area (Å²) in [6.07, 6.45) is 1.12. The Bertz CT molecular complexity index is 1080. The fourth-order valence-corrected chi connectivity index (χ4v) is 3.50. The molecule has 0 aliphatic heterocycles. The number of benzene rings is 2. The van der Waals surface area contributed by atoms with Gasteiger partial charge in [-0.1, -0.05) is 29.5 Å². The van der Waals surface area contributed by atoms with Crippen LogP contribution < -0.4 is 4.31 Å². The van der Waals surface area contributed by atoms with E-state index in [0.29, 0.717) is 22.4 Å². The van der Waals surface area contributed by atoms with Crippen LogP contribution >= 0.6 is 11.8 Å². The maximum atomic E-state index is 12.4. The van der Waals surface area contributed by atoms with Crippen molar-refractivity contribution in [1.29, 1.82) is 0 Å². The molecule has 0 unspecified atom stereocenters. The van der Waals surface area contributed by atoms with Crippen molar-refractivity contribution in [2.45, 2.75) is 12.1 Å². The molecular formula is C19H19N3O4S2. The van der Waals surface area contributed by atoms with E-state index in [9.17, 15) is 13.2 Å². The Hall–Kier alpha value is -2.65. The van der Waals surface area contributed by atoms with Crippen molar-refractivity contribution in [3.63, 3.8) is 0 Å². The Morgan fingerprint density at radius 3 is 2.32 bits per heavy atom. The van der Waals surface area contributed by atoms with Gasteiger partial charge in [-0.2, -0.15) is 0 Å². The number of hydrogen-bond donors (Lipinski definition) is 0. The highest BCUT2D eigenvalue weighted by atomic mass is 32.2. The molecule has 9 heteroatoms. The second-order valence-corrected chi connectivity index (χ2v) is 9.17. The number of carbonyl (C=O) groups is 1. The molecule has 28 heavy (non-hydrogen) atoms. The fourth-order valence-electron chi connectivity index (χ4n) is 2.34. The average Bonchev–Trinajstić information content (AvgIpc) is 3.14. The first-order valence-electron chi connectivity index (χ1n) is 8.34. The van der Waals surface area contributed by atoms with Crippen molar-refractivity contribution < 1.29 is 17.6 Å². The molecule has 146 valence electrons. The van der Waals surface area contributed by atoms with Crippen LogP contribution in [0.2, 0.25) is 0 Å². The topological polar surface area (TPSA) is 93.4 Å². The van der Waals surface area contributed by atoms with Crippen LogP contribution in [0.1, 0.15) is 15.9 Å². The molecule has 3 rings (SSSR count). The lowest BCUT2D eigenvalue weighted by molar-refractivity contribution is 0.102. The first-order chi connectivity index (χ1) is 13.2. The molecule has 0 aliphatic rings. The average molecular weight is 418 g/mol. The van der Waals surface area contributed by atoms with Gasteiger partial charge in [-0.25, -0.2) is 8.42 Å². The molecule has 0 radical (unpaired) electrons. The van der Waals surface area contributed by atoms with Crippen LogP contribution in [0.4, 0.5) is 5.69 Å². The van der Waals surface area contributed by atoms with Crippen LogP contribution in [0.15, 0.2) is 58.2 Å². The maximum absolute atomic E-state index is 12.4. The Morgan fingerprint density at radius 1 is 1.07 bits per heavy atom. The zero-order valence-corrected chi connectivity index (χ0v) is 17.3. The van der Waals surface area contributed by atoms with E-state index in [1.807, 2.05) is 31.2 Å². The summed E-state index contributed by atoms with van der Waals surface area (Å²) in [7, 11) is -1.88. The number of thioether (sulfide) groups is 1. The molecule has 0 bridgehead atoms. The van der Waals surface area contributed by atoms with Gasteiger partial charge in [-0.05, 0) is 43.3 Å². The smallest absolute Gasteiger partial charge is 0.277 e. The third-order valence-electron chi connectivity index (χ3n) is 4.08. The number of carbonyl (C=O) groups excluding carboxylic acids is 1. The van der Waals surface area contributed by atoms with Gasteiger partial charge >= 0.3 is 0 Å². The number of Topliss-reactive ketones (excluding diaryl/α,β-unsaturated/α-hetero) is 1. The van der Waals surface area contributed by atoms with E-state index in [-0.39, 0.29) is 11.5 Å². The highest BCUT2D eigenvalue weighted by molar-refractivity contribution is 7.99. The lowest BCUT2D eigenvalue weighted by Gasteiger charge is -2.16. The Balaban J connectivity index is 1.62. The first kappa shape index (κ1) is 20.1. The molecule has 2 aromatic carbocycles. The van der Waals surface area contributed by atoms with E-state index >= 15 is 0 Å². The highest BCUT2D eigenvalue weighted by Crippen LogP contribution is 2.24. The number of nitrogens with zero attached hydrogens (tertiary/aromatic N) is 3. The lowest BCUT2D eigenvalue weighted by atomic mass is 10.1. The summed E-state index contributed by atoms with van der Waals surface area (Å²) in [6, 6.07) is 14.1. The van der Waals surface area contributed by atoms with Crippen LogP contribution in [0, 0.1) is 6.92 Å². The van der Waals surface area contributed by atoms with Crippen molar-refractivity contribution >= 4 is 33.3 Å². The zero-order chi connectivity index (χ0) is 20.3. The molecule has 0 saturated heterocycles. The van der Waals surface area contributed by atoms with E-state index < -0.39 is 10.0 Å². The van der Waals surface area contributed by atoms with Gasteiger partial charge in [-0.3, -0.25) is 9.10 Å². The van der Waals surface area contributed by atoms with Crippen LogP contribution in [0.5, 0.6) is 0 Å². The molecule has 7 nitrogen and oxygen atoms in total. The first-order valence-corrected chi connectivity index (χ1v) is 11.2. The molecule has 0 N–H and O–H groups in total. The van der Waals surface area contributed by atoms with Crippen LogP contribution in [-0.4, -0.2) is 43.5 Å². The van der Waals surface area contributed by atoms with E-state index in [0.717, 1.165) is 33.4 Å². The fraction of sp³-hybridized carbons (Fsp3) is 0.211. The molecule has 0 spiro atoms. The molecule has 0 aliphatic carbocycles. The summed E-state index contributed by atoms with van der Waals surface area (Å²) in [6.45, 7) is 2.00. The van der Waals surface area contributed by atoms with E-state index in [1.54, 1.807) is 24.3 Å². The second kappa shape index (κ2) is 8.15. The normalized spacial score (nSPS) is 11.4. The summed E-state index contributed by atoms with van der Waals surface area (Å²) in [4.78, 5) is 12.4. The minimum absolute atomic E-state index is 0.117. The molecular weight excluding hydrogens is 398 g/mol. The predicted octanol–water partition coefficient (Wildman–Crippen LogP) is 3.42. The Morgan fingerprint density at radius 2 is 1.71 bits per heavy atom. The van der Waals surface area contributed by atoms with Crippen molar-refractivity contribution in [1.82, 2.24) is 10.2 Å². The van der Waals surface area contributed by atoms with E-state index in [4.69, 9.17) is 4.42 Å².